The third-order valence-electron chi connectivity index (χ3n) is 3.86. The summed E-state index contributed by atoms with van der Waals surface area (Å²) in [5.74, 6) is 1.56. The Bertz CT molecular complexity index is 388. The summed E-state index contributed by atoms with van der Waals surface area (Å²) >= 11 is 11.2. The van der Waals surface area contributed by atoms with Crippen molar-refractivity contribution in [1.29, 1.82) is 0 Å². The minimum Gasteiger partial charge on any atom is -0.329 e. The number of halogens is 2. The van der Waals surface area contributed by atoms with Crippen molar-refractivity contribution in [3.63, 3.8) is 0 Å². The Hall–Kier alpha value is 0.390. The first-order chi connectivity index (χ1) is 8.52. The molecule has 1 aliphatic rings. The molecule has 1 saturated heterocycles. The van der Waals surface area contributed by atoms with E-state index >= 15 is 0 Å². The summed E-state index contributed by atoms with van der Waals surface area (Å²) in [5.41, 5.74) is 5.97. The van der Waals surface area contributed by atoms with E-state index in [4.69, 9.17) is 17.3 Å². The van der Waals surface area contributed by atoms with Crippen LogP contribution in [0.1, 0.15) is 31.2 Å². The second kappa shape index (κ2) is 6.23. The summed E-state index contributed by atoms with van der Waals surface area (Å²) in [6.45, 7) is 7.59. The highest BCUT2D eigenvalue weighted by Crippen LogP contribution is 2.38. The molecular formula is C13H20BrClN2S. The molecule has 1 aromatic rings. The van der Waals surface area contributed by atoms with E-state index < -0.39 is 0 Å². The van der Waals surface area contributed by atoms with E-state index in [2.05, 4.69) is 40.7 Å². The zero-order chi connectivity index (χ0) is 13.3. The van der Waals surface area contributed by atoms with Crippen LogP contribution in [-0.2, 0) is 0 Å². The normalized spacial score (nSPS) is 22.9. The molecule has 0 radical (unpaired) electrons. The molecule has 2 nitrogen and oxygen atoms in total. The molecular weight excluding hydrogens is 332 g/mol. The topological polar surface area (TPSA) is 29.3 Å². The van der Waals surface area contributed by atoms with E-state index in [-0.39, 0.29) is 0 Å². The van der Waals surface area contributed by atoms with E-state index in [0.717, 1.165) is 33.7 Å². The summed E-state index contributed by atoms with van der Waals surface area (Å²) in [4.78, 5) is 3.79. The predicted molar refractivity (Wildman–Crippen MR) is 83.3 cm³/mol. The fraction of sp³-hybridized carbons (Fsp3) is 0.692. The Labute approximate surface area is 127 Å². The molecule has 18 heavy (non-hydrogen) atoms. The van der Waals surface area contributed by atoms with Gasteiger partial charge < -0.3 is 5.73 Å². The second-order valence-corrected chi connectivity index (χ2v) is 7.85. The summed E-state index contributed by atoms with van der Waals surface area (Å²) in [7, 11) is 0. The molecule has 0 spiro atoms. The van der Waals surface area contributed by atoms with E-state index in [1.54, 1.807) is 11.3 Å². The maximum Gasteiger partial charge on any atom is 0.107 e. The molecule has 1 aromatic heterocycles. The number of nitrogens with two attached hydrogens (primary N) is 1. The number of thiophene rings is 1. The minimum atomic E-state index is 0.322. The van der Waals surface area contributed by atoms with Crippen molar-refractivity contribution in [3.05, 3.63) is 19.8 Å². The van der Waals surface area contributed by atoms with Crippen LogP contribution in [0, 0.1) is 11.8 Å². The van der Waals surface area contributed by atoms with Crippen LogP contribution in [0.15, 0.2) is 10.5 Å². The zero-order valence-electron chi connectivity index (χ0n) is 10.8. The third-order valence-corrected chi connectivity index (χ3v) is 6.43. The van der Waals surface area contributed by atoms with Gasteiger partial charge in [-0.3, -0.25) is 4.90 Å². The molecule has 0 amide bonds. The van der Waals surface area contributed by atoms with Gasteiger partial charge in [0.1, 0.15) is 4.34 Å². The number of nitrogens with zero attached hydrogens (tertiary/aromatic N) is 1. The molecule has 0 bridgehead atoms. The zero-order valence-corrected chi connectivity index (χ0v) is 14.0. The average Bonchev–Trinajstić information content (AvgIpc) is 2.89. The molecule has 1 aliphatic heterocycles. The molecule has 1 fully saturated rings. The smallest absolute Gasteiger partial charge is 0.107 e. The summed E-state index contributed by atoms with van der Waals surface area (Å²) in [6.07, 6.45) is 1.29. The van der Waals surface area contributed by atoms with Crippen molar-refractivity contribution in [2.75, 3.05) is 19.6 Å². The van der Waals surface area contributed by atoms with Gasteiger partial charge >= 0.3 is 0 Å². The molecule has 102 valence electrons. The van der Waals surface area contributed by atoms with Gasteiger partial charge in [-0.15, -0.1) is 11.3 Å². The van der Waals surface area contributed by atoms with Gasteiger partial charge in [-0.05, 0) is 46.8 Å². The lowest BCUT2D eigenvalue weighted by molar-refractivity contribution is 0.235. The van der Waals surface area contributed by atoms with Crippen molar-refractivity contribution in [2.45, 2.75) is 26.3 Å². The van der Waals surface area contributed by atoms with Crippen molar-refractivity contribution in [1.82, 2.24) is 4.90 Å². The monoisotopic (exact) mass is 350 g/mol. The van der Waals surface area contributed by atoms with Crippen molar-refractivity contribution in [3.8, 4) is 0 Å². The molecule has 2 unspecified atom stereocenters. The molecule has 0 aromatic carbocycles. The largest absolute Gasteiger partial charge is 0.329 e. The lowest BCUT2D eigenvalue weighted by Crippen LogP contribution is -2.32. The second-order valence-electron chi connectivity index (χ2n) is 5.31. The van der Waals surface area contributed by atoms with Crippen LogP contribution < -0.4 is 5.73 Å². The van der Waals surface area contributed by atoms with Gasteiger partial charge in [-0.25, -0.2) is 0 Å². The van der Waals surface area contributed by atoms with Crippen molar-refractivity contribution < 1.29 is 0 Å². The first-order valence-electron chi connectivity index (χ1n) is 6.41. The SMILES string of the molecule is CC(C)C1CCN(C(CN)c2cc(Br)c(Cl)s2)C1. The highest BCUT2D eigenvalue weighted by Gasteiger charge is 2.30. The number of rotatable bonds is 4. The van der Waals surface area contributed by atoms with Gasteiger partial charge in [-0.2, -0.15) is 0 Å². The van der Waals surface area contributed by atoms with Gasteiger partial charge in [0.05, 0.1) is 6.04 Å². The summed E-state index contributed by atoms with van der Waals surface area (Å²) in [6, 6.07) is 2.44. The highest BCUT2D eigenvalue weighted by molar-refractivity contribution is 9.10. The molecule has 2 rings (SSSR count). The summed E-state index contributed by atoms with van der Waals surface area (Å²) < 4.78 is 1.81. The fourth-order valence-electron chi connectivity index (χ4n) is 2.62. The van der Waals surface area contributed by atoms with Crippen LogP contribution in [0.3, 0.4) is 0 Å². The fourth-order valence-corrected chi connectivity index (χ4v) is 4.50. The number of hydrogen-bond donors (Lipinski definition) is 1. The lowest BCUT2D eigenvalue weighted by Gasteiger charge is -2.26. The van der Waals surface area contributed by atoms with Gasteiger partial charge in [0.15, 0.2) is 0 Å². The maximum absolute atomic E-state index is 6.13. The van der Waals surface area contributed by atoms with E-state index in [0.29, 0.717) is 12.6 Å². The minimum absolute atomic E-state index is 0.322. The molecule has 2 heterocycles. The third kappa shape index (κ3) is 3.10. The molecule has 2 N–H and O–H groups in total. The molecule has 5 heteroatoms. The number of likely N-dealkylation sites (tertiary alicyclic amines) is 1. The van der Waals surface area contributed by atoms with Crippen molar-refractivity contribution >= 4 is 38.9 Å². The Balaban J connectivity index is 2.10. The Kier molecular flexibility index (Phi) is 5.12. The van der Waals surface area contributed by atoms with Gasteiger partial charge in [0.25, 0.3) is 0 Å². The van der Waals surface area contributed by atoms with Crippen LogP contribution in [-0.4, -0.2) is 24.5 Å². The van der Waals surface area contributed by atoms with Gasteiger partial charge in [0, 0.05) is 22.4 Å². The van der Waals surface area contributed by atoms with Crippen LogP contribution in [0.5, 0.6) is 0 Å². The molecule has 2 atom stereocenters. The van der Waals surface area contributed by atoms with Crippen LogP contribution in [0.2, 0.25) is 4.34 Å². The first kappa shape index (κ1) is 14.8. The van der Waals surface area contributed by atoms with Crippen LogP contribution in [0.4, 0.5) is 0 Å². The Morgan fingerprint density at radius 3 is 2.78 bits per heavy atom. The summed E-state index contributed by atoms with van der Waals surface area (Å²) in [5, 5.41) is 0. The van der Waals surface area contributed by atoms with Gasteiger partial charge in [0.2, 0.25) is 0 Å². The van der Waals surface area contributed by atoms with E-state index in [1.807, 2.05) is 0 Å². The van der Waals surface area contributed by atoms with Crippen LogP contribution >= 0.6 is 38.9 Å². The first-order valence-corrected chi connectivity index (χ1v) is 8.40. The average molecular weight is 352 g/mol. The highest BCUT2D eigenvalue weighted by atomic mass is 79.9. The van der Waals surface area contributed by atoms with E-state index in [1.165, 1.54) is 11.3 Å². The van der Waals surface area contributed by atoms with Crippen molar-refractivity contribution in [2.24, 2.45) is 17.6 Å². The Morgan fingerprint density at radius 2 is 2.33 bits per heavy atom. The lowest BCUT2D eigenvalue weighted by atomic mass is 9.95. The van der Waals surface area contributed by atoms with Gasteiger partial charge in [-0.1, -0.05) is 25.4 Å². The quantitative estimate of drug-likeness (QED) is 0.883. The van der Waals surface area contributed by atoms with Crippen LogP contribution in [0.25, 0.3) is 0 Å². The predicted octanol–water partition coefficient (Wildman–Crippen LogP) is 4.14. The maximum atomic E-state index is 6.13. The van der Waals surface area contributed by atoms with E-state index in [9.17, 15) is 0 Å². The Morgan fingerprint density at radius 1 is 1.61 bits per heavy atom. The number of hydrogen-bond acceptors (Lipinski definition) is 3. The standard InChI is InChI=1S/C13H20BrClN2S/c1-8(2)9-3-4-17(7-9)11(6-16)12-5-10(14)13(15)18-12/h5,8-9,11H,3-4,6-7,16H2,1-2H3. The molecule has 0 saturated carbocycles. The molecule has 0 aliphatic carbocycles.